The molecule has 34 heavy (non-hydrogen) atoms. The molecular formula is C27H24N2O4S. The highest BCUT2D eigenvalue weighted by atomic mass is 32.2. The molecule has 0 atom stereocenters. The molecule has 172 valence electrons. The molecule has 1 N–H and O–H groups in total. The van der Waals surface area contributed by atoms with E-state index in [1.807, 2.05) is 60.7 Å². The maximum absolute atomic E-state index is 13.0. The molecule has 0 heterocycles. The van der Waals surface area contributed by atoms with E-state index in [4.69, 9.17) is 4.74 Å². The number of nitrogens with one attached hydrogen (secondary N) is 1. The predicted molar refractivity (Wildman–Crippen MR) is 134 cm³/mol. The minimum absolute atomic E-state index is 0.0778. The maximum atomic E-state index is 13.0. The molecule has 0 saturated carbocycles. The molecule has 0 unspecified atom stereocenters. The lowest BCUT2D eigenvalue weighted by Crippen LogP contribution is -2.26. The highest BCUT2D eigenvalue weighted by Gasteiger charge is 2.21. The number of anilines is 2. The topological polar surface area (TPSA) is 75.7 Å². The molecule has 7 heteroatoms. The molecule has 0 fully saturated rings. The number of benzene rings is 4. The normalized spacial score (nSPS) is 11.0. The largest absolute Gasteiger partial charge is 0.484 e. The number of para-hydroxylation sites is 1. The van der Waals surface area contributed by atoms with E-state index in [0.29, 0.717) is 17.1 Å². The molecular weight excluding hydrogens is 448 g/mol. The van der Waals surface area contributed by atoms with E-state index in [0.717, 1.165) is 11.1 Å². The molecule has 0 aromatic heterocycles. The van der Waals surface area contributed by atoms with Gasteiger partial charge in [0.2, 0.25) is 0 Å². The number of carbonyl (C=O) groups excluding carboxylic acids is 1. The van der Waals surface area contributed by atoms with Crippen LogP contribution in [0.3, 0.4) is 0 Å². The molecule has 4 aromatic rings. The van der Waals surface area contributed by atoms with Gasteiger partial charge in [0.25, 0.3) is 15.9 Å². The van der Waals surface area contributed by atoms with Crippen molar-refractivity contribution in [2.24, 2.45) is 0 Å². The first-order chi connectivity index (χ1) is 16.4. The van der Waals surface area contributed by atoms with Gasteiger partial charge in [-0.05, 0) is 53.6 Å². The van der Waals surface area contributed by atoms with Crippen LogP contribution in [0.15, 0.2) is 114 Å². The van der Waals surface area contributed by atoms with Gasteiger partial charge in [0.15, 0.2) is 6.61 Å². The quantitative estimate of drug-likeness (QED) is 0.383. The second-order valence-corrected chi connectivity index (χ2v) is 9.53. The molecule has 0 saturated heterocycles. The Morgan fingerprint density at radius 1 is 0.794 bits per heavy atom. The fourth-order valence-electron chi connectivity index (χ4n) is 3.39. The minimum Gasteiger partial charge on any atom is -0.484 e. The highest BCUT2D eigenvalue weighted by Crippen LogP contribution is 2.24. The molecule has 0 bridgehead atoms. The highest BCUT2D eigenvalue weighted by molar-refractivity contribution is 7.92. The van der Waals surface area contributed by atoms with Gasteiger partial charge < -0.3 is 10.1 Å². The molecule has 0 aliphatic heterocycles. The van der Waals surface area contributed by atoms with Crippen molar-refractivity contribution in [1.82, 2.24) is 0 Å². The van der Waals surface area contributed by atoms with E-state index < -0.39 is 15.9 Å². The molecule has 0 spiro atoms. The van der Waals surface area contributed by atoms with Crippen molar-refractivity contribution >= 4 is 27.3 Å². The second kappa shape index (κ2) is 10.2. The zero-order valence-corrected chi connectivity index (χ0v) is 19.4. The molecule has 4 rings (SSSR count). The van der Waals surface area contributed by atoms with Crippen LogP contribution in [0.1, 0.15) is 0 Å². The van der Waals surface area contributed by atoms with Crippen LogP contribution in [0.25, 0.3) is 11.1 Å². The summed E-state index contributed by atoms with van der Waals surface area (Å²) in [6, 6.07) is 32.4. The molecule has 0 aliphatic rings. The van der Waals surface area contributed by atoms with Gasteiger partial charge in [-0.3, -0.25) is 9.10 Å². The van der Waals surface area contributed by atoms with Gasteiger partial charge in [-0.2, -0.15) is 0 Å². The molecule has 6 nitrogen and oxygen atoms in total. The van der Waals surface area contributed by atoms with E-state index in [9.17, 15) is 13.2 Å². The Bertz CT molecular complexity index is 1360. The Balaban J connectivity index is 1.38. The third kappa shape index (κ3) is 5.44. The lowest BCUT2D eigenvalue weighted by Gasteiger charge is -2.19. The van der Waals surface area contributed by atoms with Crippen LogP contribution in [0.2, 0.25) is 0 Å². The Morgan fingerprint density at radius 3 is 2.09 bits per heavy atom. The number of rotatable bonds is 8. The summed E-state index contributed by atoms with van der Waals surface area (Å²) in [6.07, 6.45) is 0. The third-order valence-electron chi connectivity index (χ3n) is 5.23. The lowest BCUT2D eigenvalue weighted by atomic mass is 10.1. The smallest absolute Gasteiger partial charge is 0.264 e. The Morgan fingerprint density at radius 2 is 1.41 bits per heavy atom. The predicted octanol–water partition coefficient (Wildman–Crippen LogP) is 5.20. The average Bonchev–Trinajstić information content (AvgIpc) is 2.88. The Hall–Kier alpha value is -4.10. The molecule has 0 radical (unpaired) electrons. The summed E-state index contributed by atoms with van der Waals surface area (Å²) in [4.78, 5) is 12.5. The van der Waals surface area contributed by atoms with Crippen LogP contribution in [0, 0.1) is 0 Å². The van der Waals surface area contributed by atoms with Crippen molar-refractivity contribution in [2.45, 2.75) is 4.90 Å². The van der Waals surface area contributed by atoms with Gasteiger partial charge in [-0.25, -0.2) is 8.42 Å². The molecule has 0 aliphatic carbocycles. The van der Waals surface area contributed by atoms with Crippen molar-refractivity contribution < 1.29 is 17.9 Å². The van der Waals surface area contributed by atoms with Crippen LogP contribution in [-0.2, 0) is 14.8 Å². The fourth-order valence-corrected chi connectivity index (χ4v) is 4.63. The zero-order valence-electron chi connectivity index (χ0n) is 18.6. The van der Waals surface area contributed by atoms with Crippen molar-refractivity contribution in [3.63, 3.8) is 0 Å². The summed E-state index contributed by atoms with van der Waals surface area (Å²) in [5.41, 5.74) is 3.06. The number of hydrogen-bond acceptors (Lipinski definition) is 4. The lowest BCUT2D eigenvalue weighted by molar-refractivity contribution is -0.118. The Kier molecular flexibility index (Phi) is 6.94. The summed E-state index contributed by atoms with van der Waals surface area (Å²) < 4.78 is 32.8. The second-order valence-electron chi connectivity index (χ2n) is 7.56. The van der Waals surface area contributed by atoms with Crippen LogP contribution in [0.5, 0.6) is 5.75 Å². The monoisotopic (exact) mass is 472 g/mol. The molecule has 1 amide bonds. The van der Waals surface area contributed by atoms with E-state index in [1.54, 1.807) is 36.4 Å². The van der Waals surface area contributed by atoms with Crippen LogP contribution < -0.4 is 14.4 Å². The zero-order chi connectivity index (χ0) is 24.0. The van der Waals surface area contributed by atoms with Crippen molar-refractivity contribution in [1.29, 1.82) is 0 Å². The summed E-state index contributed by atoms with van der Waals surface area (Å²) >= 11 is 0. The number of hydrogen-bond donors (Lipinski definition) is 1. The van der Waals surface area contributed by atoms with E-state index in [2.05, 4.69) is 5.32 Å². The van der Waals surface area contributed by atoms with Gasteiger partial charge in [0.1, 0.15) is 5.75 Å². The van der Waals surface area contributed by atoms with Gasteiger partial charge in [-0.15, -0.1) is 0 Å². The third-order valence-corrected chi connectivity index (χ3v) is 7.01. The van der Waals surface area contributed by atoms with Crippen LogP contribution >= 0.6 is 0 Å². The standard InChI is InChI=1S/C27H24N2O4S/c1-29(24-12-6-3-7-13-24)34(31,32)26-14-8-11-23(19-26)28-27(30)20-33-25-17-15-22(16-18-25)21-9-4-2-5-10-21/h2-19H,20H2,1H3,(H,28,30). The summed E-state index contributed by atoms with van der Waals surface area (Å²) in [6.45, 7) is -0.203. The summed E-state index contributed by atoms with van der Waals surface area (Å²) in [7, 11) is -2.29. The number of nitrogens with zero attached hydrogens (tertiary/aromatic N) is 1. The SMILES string of the molecule is CN(c1ccccc1)S(=O)(=O)c1cccc(NC(=O)COc2ccc(-c3ccccc3)cc2)c1. The average molecular weight is 473 g/mol. The summed E-state index contributed by atoms with van der Waals surface area (Å²) in [5.74, 6) is 0.175. The van der Waals surface area contributed by atoms with E-state index in [-0.39, 0.29) is 11.5 Å². The summed E-state index contributed by atoms with van der Waals surface area (Å²) in [5, 5.41) is 2.69. The maximum Gasteiger partial charge on any atom is 0.264 e. The fraction of sp³-hybridized carbons (Fsp3) is 0.0741. The van der Waals surface area contributed by atoms with Crippen molar-refractivity contribution in [3.05, 3.63) is 109 Å². The first-order valence-corrected chi connectivity index (χ1v) is 12.1. The Labute approximate surface area is 199 Å². The van der Waals surface area contributed by atoms with E-state index >= 15 is 0 Å². The van der Waals surface area contributed by atoms with Crippen LogP contribution in [-0.4, -0.2) is 28.0 Å². The van der Waals surface area contributed by atoms with Gasteiger partial charge in [-0.1, -0.05) is 66.7 Å². The first kappa shape index (κ1) is 23.1. The number of sulfonamides is 1. The van der Waals surface area contributed by atoms with Crippen molar-refractivity contribution in [2.75, 3.05) is 23.3 Å². The van der Waals surface area contributed by atoms with Gasteiger partial charge >= 0.3 is 0 Å². The number of amides is 1. The minimum atomic E-state index is -3.78. The van der Waals surface area contributed by atoms with Gasteiger partial charge in [0, 0.05) is 12.7 Å². The van der Waals surface area contributed by atoms with Crippen LogP contribution in [0.4, 0.5) is 11.4 Å². The molecule has 4 aromatic carbocycles. The van der Waals surface area contributed by atoms with E-state index in [1.165, 1.54) is 23.5 Å². The van der Waals surface area contributed by atoms with Gasteiger partial charge in [0.05, 0.1) is 10.6 Å². The van der Waals surface area contributed by atoms with Crippen molar-refractivity contribution in [3.8, 4) is 16.9 Å². The number of ether oxygens (including phenoxy) is 1. The number of carbonyl (C=O) groups is 1. The first-order valence-electron chi connectivity index (χ1n) is 10.7.